The van der Waals surface area contributed by atoms with Crippen molar-refractivity contribution in [2.24, 2.45) is 5.73 Å². The van der Waals surface area contributed by atoms with Gasteiger partial charge in [0, 0.05) is 5.56 Å². The molecule has 3 rings (SSSR count). The highest BCUT2D eigenvalue weighted by molar-refractivity contribution is 5.84. The van der Waals surface area contributed by atoms with Gasteiger partial charge in [-0.25, -0.2) is 8.78 Å². The fourth-order valence-electron chi connectivity index (χ4n) is 2.31. The molecule has 1 heterocycles. The molecule has 0 aliphatic rings. The molecule has 0 aliphatic heterocycles. The summed E-state index contributed by atoms with van der Waals surface area (Å²) in [4.78, 5) is 11.7. The van der Waals surface area contributed by atoms with Gasteiger partial charge in [-0.05, 0) is 54.1 Å². The molecule has 0 bridgehead atoms. The molecule has 3 N–H and O–H groups in total. The van der Waals surface area contributed by atoms with Crippen molar-refractivity contribution in [1.82, 2.24) is 10.2 Å². The number of nitrogens with zero attached hydrogens (tertiary/aromatic N) is 2. The number of rotatable bonds is 5. The van der Waals surface area contributed by atoms with Crippen LogP contribution in [0.4, 0.5) is 14.6 Å². The molecule has 1 amide bonds. The lowest BCUT2D eigenvalue weighted by Gasteiger charge is -2.16. The molecule has 25 heavy (non-hydrogen) atoms. The highest BCUT2D eigenvalue weighted by atomic mass is 19.1. The van der Waals surface area contributed by atoms with Gasteiger partial charge >= 0.3 is 0 Å². The lowest BCUT2D eigenvalue weighted by atomic mass is 10.1. The van der Waals surface area contributed by atoms with Gasteiger partial charge in [-0.1, -0.05) is 12.1 Å². The van der Waals surface area contributed by atoms with Crippen molar-refractivity contribution in [3.8, 4) is 11.3 Å². The van der Waals surface area contributed by atoms with Crippen LogP contribution < -0.4 is 11.1 Å². The molecule has 3 aromatic rings. The van der Waals surface area contributed by atoms with Crippen LogP contribution in [0.5, 0.6) is 0 Å². The van der Waals surface area contributed by atoms with E-state index in [0.717, 1.165) is 0 Å². The average Bonchev–Trinajstić information content (AvgIpc) is 2.62. The van der Waals surface area contributed by atoms with Crippen LogP contribution in [0.25, 0.3) is 11.3 Å². The maximum absolute atomic E-state index is 13.0. The second-order valence-corrected chi connectivity index (χ2v) is 5.34. The van der Waals surface area contributed by atoms with Gasteiger partial charge in [0.25, 0.3) is 0 Å². The summed E-state index contributed by atoms with van der Waals surface area (Å²) in [6.07, 6.45) is 0. The summed E-state index contributed by atoms with van der Waals surface area (Å²) in [7, 11) is 0. The first-order chi connectivity index (χ1) is 12.0. The summed E-state index contributed by atoms with van der Waals surface area (Å²) in [6, 6.07) is 13.7. The van der Waals surface area contributed by atoms with E-state index in [1.807, 2.05) is 0 Å². The van der Waals surface area contributed by atoms with E-state index in [1.165, 1.54) is 36.4 Å². The summed E-state index contributed by atoms with van der Waals surface area (Å²) in [5, 5.41) is 10.9. The Morgan fingerprint density at radius 3 is 2.00 bits per heavy atom. The first-order valence-electron chi connectivity index (χ1n) is 7.44. The number of benzene rings is 2. The van der Waals surface area contributed by atoms with E-state index in [4.69, 9.17) is 5.73 Å². The minimum atomic E-state index is -0.869. The Balaban J connectivity index is 1.80. The predicted octanol–water partition coefficient (Wildman–Crippen LogP) is 3.06. The molecule has 1 unspecified atom stereocenters. The number of carbonyl (C=O) groups is 1. The van der Waals surface area contributed by atoms with Crippen LogP contribution in [0.2, 0.25) is 0 Å². The standard InChI is InChI=1S/C18H14F2N4O/c19-13-5-1-11(2-6-13)15-9-10-16(24-23-15)22-17(18(21)25)12-3-7-14(20)8-4-12/h1-10,17H,(H2,21,25)(H,22,24). The molecule has 0 fully saturated rings. The zero-order valence-electron chi connectivity index (χ0n) is 13.0. The maximum Gasteiger partial charge on any atom is 0.244 e. The highest BCUT2D eigenvalue weighted by Crippen LogP contribution is 2.21. The fourth-order valence-corrected chi connectivity index (χ4v) is 2.31. The molecule has 0 aliphatic carbocycles. The van der Waals surface area contributed by atoms with Gasteiger partial charge < -0.3 is 11.1 Å². The number of amides is 1. The minimum absolute atomic E-state index is 0.332. The predicted molar refractivity (Wildman–Crippen MR) is 89.4 cm³/mol. The third-order valence-electron chi connectivity index (χ3n) is 3.58. The van der Waals surface area contributed by atoms with Gasteiger partial charge in [0.15, 0.2) is 0 Å². The third-order valence-corrected chi connectivity index (χ3v) is 3.58. The van der Waals surface area contributed by atoms with Crippen molar-refractivity contribution in [2.45, 2.75) is 6.04 Å². The van der Waals surface area contributed by atoms with E-state index in [0.29, 0.717) is 22.6 Å². The van der Waals surface area contributed by atoms with Crippen molar-refractivity contribution < 1.29 is 13.6 Å². The van der Waals surface area contributed by atoms with Gasteiger partial charge in [-0.2, -0.15) is 0 Å². The van der Waals surface area contributed by atoms with E-state index in [2.05, 4.69) is 15.5 Å². The Bertz CT molecular complexity index is 865. The smallest absolute Gasteiger partial charge is 0.244 e. The summed E-state index contributed by atoms with van der Waals surface area (Å²) < 4.78 is 26.0. The summed E-state index contributed by atoms with van der Waals surface area (Å²) in [6.45, 7) is 0. The first-order valence-corrected chi connectivity index (χ1v) is 7.44. The lowest BCUT2D eigenvalue weighted by molar-refractivity contribution is -0.118. The summed E-state index contributed by atoms with van der Waals surface area (Å²) >= 11 is 0. The molecule has 7 heteroatoms. The Morgan fingerprint density at radius 1 is 0.880 bits per heavy atom. The number of nitrogens with two attached hydrogens (primary N) is 1. The largest absolute Gasteiger partial charge is 0.368 e. The zero-order valence-corrected chi connectivity index (χ0v) is 13.0. The van der Waals surface area contributed by atoms with Gasteiger partial charge in [0.05, 0.1) is 5.69 Å². The van der Waals surface area contributed by atoms with Crippen LogP contribution in [0.1, 0.15) is 11.6 Å². The topological polar surface area (TPSA) is 80.9 Å². The fraction of sp³-hybridized carbons (Fsp3) is 0.0556. The summed E-state index contributed by atoms with van der Waals surface area (Å²) in [5.74, 6) is -1.04. The monoisotopic (exact) mass is 340 g/mol. The van der Waals surface area contributed by atoms with E-state index < -0.39 is 17.8 Å². The van der Waals surface area contributed by atoms with E-state index >= 15 is 0 Å². The van der Waals surface area contributed by atoms with Gasteiger partial charge in [0.1, 0.15) is 23.5 Å². The molecule has 126 valence electrons. The van der Waals surface area contributed by atoms with Crippen molar-refractivity contribution in [3.05, 3.63) is 77.9 Å². The van der Waals surface area contributed by atoms with Crippen molar-refractivity contribution in [2.75, 3.05) is 5.32 Å². The van der Waals surface area contributed by atoms with Crippen LogP contribution in [-0.4, -0.2) is 16.1 Å². The van der Waals surface area contributed by atoms with Crippen LogP contribution in [0, 0.1) is 11.6 Å². The number of hydrogen-bond donors (Lipinski definition) is 2. The van der Waals surface area contributed by atoms with E-state index in [-0.39, 0.29) is 5.82 Å². The number of carbonyl (C=O) groups excluding carboxylic acids is 1. The van der Waals surface area contributed by atoms with Crippen molar-refractivity contribution in [1.29, 1.82) is 0 Å². The van der Waals surface area contributed by atoms with Crippen LogP contribution in [0.15, 0.2) is 60.7 Å². The molecule has 1 aromatic heterocycles. The molecule has 1 atom stereocenters. The molecule has 0 saturated carbocycles. The molecule has 0 spiro atoms. The van der Waals surface area contributed by atoms with E-state index in [9.17, 15) is 13.6 Å². The van der Waals surface area contributed by atoms with Gasteiger partial charge in [-0.3, -0.25) is 4.79 Å². The molecule has 5 nitrogen and oxygen atoms in total. The maximum atomic E-state index is 13.0. The Kier molecular flexibility index (Phi) is 4.65. The quantitative estimate of drug-likeness (QED) is 0.748. The third kappa shape index (κ3) is 3.95. The average molecular weight is 340 g/mol. The number of halogens is 2. The number of hydrogen-bond acceptors (Lipinski definition) is 4. The number of primary amides is 1. The number of aromatic nitrogens is 2. The van der Waals surface area contributed by atoms with Crippen LogP contribution in [-0.2, 0) is 4.79 Å². The first kappa shape index (κ1) is 16.5. The van der Waals surface area contributed by atoms with Crippen LogP contribution in [0.3, 0.4) is 0 Å². The Hall–Kier alpha value is -3.35. The molecule has 2 aromatic carbocycles. The lowest BCUT2D eigenvalue weighted by Crippen LogP contribution is -2.28. The van der Waals surface area contributed by atoms with Gasteiger partial charge in [-0.15, -0.1) is 10.2 Å². The second kappa shape index (κ2) is 7.04. The van der Waals surface area contributed by atoms with Crippen molar-refractivity contribution in [3.63, 3.8) is 0 Å². The van der Waals surface area contributed by atoms with Crippen LogP contribution >= 0.6 is 0 Å². The van der Waals surface area contributed by atoms with Gasteiger partial charge in [0.2, 0.25) is 5.91 Å². The minimum Gasteiger partial charge on any atom is -0.368 e. The Labute approximate surface area is 142 Å². The van der Waals surface area contributed by atoms with E-state index in [1.54, 1.807) is 24.3 Å². The molecule has 0 radical (unpaired) electrons. The molecular weight excluding hydrogens is 326 g/mol. The Morgan fingerprint density at radius 2 is 1.48 bits per heavy atom. The molecule has 0 saturated heterocycles. The normalized spacial score (nSPS) is 11.8. The SMILES string of the molecule is NC(=O)C(Nc1ccc(-c2ccc(F)cc2)nn1)c1ccc(F)cc1. The molecular formula is C18H14F2N4O. The number of nitrogens with one attached hydrogen (secondary N) is 1. The van der Waals surface area contributed by atoms with Crippen molar-refractivity contribution >= 4 is 11.7 Å². The second-order valence-electron chi connectivity index (χ2n) is 5.34. The number of anilines is 1. The zero-order chi connectivity index (χ0) is 17.8. The summed E-state index contributed by atoms with van der Waals surface area (Å²) in [5.41, 5.74) is 7.19. The highest BCUT2D eigenvalue weighted by Gasteiger charge is 2.18.